The zero-order chi connectivity index (χ0) is 20.1. The van der Waals surface area contributed by atoms with Gasteiger partial charge in [-0.25, -0.2) is 4.98 Å². The molecule has 0 saturated carbocycles. The maximum absolute atomic E-state index is 12.5. The Morgan fingerprint density at radius 2 is 1.97 bits per heavy atom. The molecule has 0 aliphatic carbocycles. The van der Waals surface area contributed by atoms with Crippen LogP contribution in [0, 0.1) is 0 Å². The number of benzene rings is 2. The van der Waals surface area contributed by atoms with Crippen molar-refractivity contribution in [1.82, 2.24) is 9.88 Å². The smallest absolute Gasteiger partial charge is 0.274 e. The number of nitrogens with zero attached hydrogens (tertiary/aromatic N) is 2. The summed E-state index contributed by atoms with van der Waals surface area (Å²) in [6, 6.07) is 16.2. The highest BCUT2D eigenvalue weighted by Crippen LogP contribution is 2.32. The molecule has 2 heterocycles. The third-order valence-corrected chi connectivity index (χ3v) is 6.25. The van der Waals surface area contributed by atoms with E-state index < -0.39 is 0 Å². The van der Waals surface area contributed by atoms with Gasteiger partial charge in [-0.2, -0.15) is 0 Å². The highest BCUT2D eigenvalue weighted by Gasteiger charge is 2.24. The lowest BCUT2D eigenvalue weighted by atomic mass is 10.1. The lowest BCUT2D eigenvalue weighted by molar-refractivity contribution is -0.133. The van der Waals surface area contributed by atoms with Crippen LogP contribution in [-0.4, -0.2) is 42.1 Å². The lowest BCUT2D eigenvalue weighted by Crippen LogP contribution is -2.41. The maximum atomic E-state index is 12.5. The molecule has 6 heteroatoms. The van der Waals surface area contributed by atoms with Gasteiger partial charge in [-0.15, -0.1) is 0 Å². The van der Waals surface area contributed by atoms with E-state index in [0.29, 0.717) is 11.6 Å². The van der Waals surface area contributed by atoms with Crippen molar-refractivity contribution < 1.29 is 14.3 Å². The Balaban J connectivity index is 1.23. The molecule has 1 aliphatic heterocycles. The van der Waals surface area contributed by atoms with E-state index in [4.69, 9.17) is 9.47 Å². The largest absolute Gasteiger partial charge is 0.497 e. The molecule has 4 rings (SSSR count). The number of hydrogen-bond donors (Lipinski definition) is 0. The molecule has 1 amide bonds. The zero-order valence-electron chi connectivity index (χ0n) is 16.7. The van der Waals surface area contributed by atoms with Crippen LogP contribution in [0.1, 0.15) is 31.2 Å². The van der Waals surface area contributed by atoms with Crippen LogP contribution in [0.4, 0.5) is 0 Å². The number of methoxy groups -OCH3 is 1. The Hall–Kier alpha value is -2.60. The summed E-state index contributed by atoms with van der Waals surface area (Å²) in [4.78, 5) is 19.0. The van der Waals surface area contributed by atoms with Gasteiger partial charge in [0.1, 0.15) is 11.9 Å². The van der Waals surface area contributed by atoms with Crippen molar-refractivity contribution >= 4 is 27.5 Å². The minimum absolute atomic E-state index is 0.117. The summed E-state index contributed by atoms with van der Waals surface area (Å²) >= 11 is 1.54. The highest BCUT2D eigenvalue weighted by molar-refractivity contribution is 7.20. The second-order valence-electron chi connectivity index (χ2n) is 7.35. The van der Waals surface area contributed by atoms with Gasteiger partial charge >= 0.3 is 0 Å². The molecule has 0 atom stereocenters. The van der Waals surface area contributed by atoms with Crippen LogP contribution < -0.4 is 9.47 Å². The van der Waals surface area contributed by atoms with Crippen LogP contribution in [-0.2, 0) is 11.2 Å². The van der Waals surface area contributed by atoms with E-state index in [9.17, 15) is 4.79 Å². The van der Waals surface area contributed by atoms with Crippen molar-refractivity contribution in [3.8, 4) is 10.9 Å². The molecule has 0 unspecified atom stereocenters. The van der Waals surface area contributed by atoms with Gasteiger partial charge in [0.05, 0.1) is 17.3 Å². The van der Waals surface area contributed by atoms with Crippen molar-refractivity contribution in [2.45, 2.75) is 38.2 Å². The Morgan fingerprint density at radius 1 is 1.17 bits per heavy atom. The summed E-state index contributed by atoms with van der Waals surface area (Å²) in [5.74, 6) is 1.08. The first-order valence-corrected chi connectivity index (χ1v) is 11.0. The van der Waals surface area contributed by atoms with E-state index in [-0.39, 0.29) is 12.0 Å². The molecule has 0 N–H and O–H groups in total. The number of aromatic nitrogens is 1. The Morgan fingerprint density at radius 3 is 2.72 bits per heavy atom. The number of thiazole rings is 1. The van der Waals surface area contributed by atoms with Gasteiger partial charge in [-0.3, -0.25) is 4.79 Å². The average molecular weight is 411 g/mol. The van der Waals surface area contributed by atoms with E-state index in [1.807, 2.05) is 41.3 Å². The van der Waals surface area contributed by atoms with Crippen molar-refractivity contribution in [2.75, 3.05) is 20.2 Å². The molecule has 0 bridgehead atoms. The number of likely N-dealkylation sites (tertiary alicyclic amines) is 1. The van der Waals surface area contributed by atoms with E-state index in [0.717, 1.165) is 54.7 Å². The second kappa shape index (κ2) is 9.27. The fraction of sp³-hybridized carbons (Fsp3) is 0.391. The first-order valence-electron chi connectivity index (χ1n) is 10.1. The van der Waals surface area contributed by atoms with Crippen molar-refractivity contribution in [1.29, 1.82) is 0 Å². The van der Waals surface area contributed by atoms with Gasteiger partial charge in [0.15, 0.2) is 0 Å². The lowest BCUT2D eigenvalue weighted by Gasteiger charge is -2.31. The molecule has 0 radical (unpaired) electrons. The fourth-order valence-electron chi connectivity index (χ4n) is 3.67. The van der Waals surface area contributed by atoms with E-state index in [1.165, 1.54) is 5.56 Å². The van der Waals surface area contributed by atoms with E-state index >= 15 is 0 Å². The van der Waals surface area contributed by atoms with Gasteiger partial charge in [-0.05, 0) is 36.6 Å². The summed E-state index contributed by atoms with van der Waals surface area (Å²) in [6.07, 6.45) is 4.28. The molecular formula is C23H26N2O3S. The maximum Gasteiger partial charge on any atom is 0.274 e. The van der Waals surface area contributed by atoms with Crippen LogP contribution >= 0.6 is 11.3 Å². The molecule has 1 saturated heterocycles. The monoisotopic (exact) mass is 410 g/mol. The van der Waals surface area contributed by atoms with Crippen LogP contribution in [0.2, 0.25) is 0 Å². The molecule has 1 fully saturated rings. The van der Waals surface area contributed by atoms with Gasteiger partial charge in [0.2, 0.25) is 5.91 Å². The quantitative estimate of drug-likeness (QED) is 0.567. The molecule has 152 valence electrons. The normalized spacial score (nSPS) is 14.9. The number of carbonyl (C=O) groups excluding carboxylic acids is 1. The number of hydrogen-bond acceptors (Lipinski definition) is 5. The van der Waals surface area contributed by atoms with Crippen LogP contribution in [0.5, 0.6) is 10.9 Å². The van der Waals surface area contributed by atoms with E-state index in [2.05, 4.69) is 17.1 Å². The minimum Gasteiger partial charge on any atom is -0.497 e. The van der Waals surface area contributed by atoms with Crippen LogP contribution in [0.3, 0.4) is 0 Å². The molecule has 5 nitrogen and oxygen atoms in total. The van der Waals surface area contributed by atoms with Crippen LogP contribution in [0.25, 0.3) is 10.2 Å². The first kappa shape index (κ1) is 19.7. The third-order valence-electron chi connectivity index (χ3n) is 5.34. The molecule has 29 heavy (non-hydrogen) atoms. The standard InChI is InChI=1S/C23H26N2O3S/c1-27-19-10-11-20-21(16-19)29-23(24-20)28-18-12-14-25(15-13-18)22(26)9-5-8-17-6-3-2-4-7-17/h2-4,6-7,10-11,16,18H,5,8-9,12-15H2,1H3. The molecule has 0 spiro atoms. The molecule has 2 aromatic carbocycles. The van der Waals surface area contributed by atoms with Crippen molar-refractivity contribution in [2.24, 2.45) is 0 Å². The zero-order valence-corrected chi connectivity index (χ0v) is 17.5. The first-order chi connectivity index (χ1) is 14.2. The Labute approximate surface area is 175 Å². The van der Waals surface area contributed by atoms with Crippen molar-refractivity contribution in [3.63, 3.8) is 0 Å². The SMILES string of the molecule is COc1ccc2nc(OC3CCN(C(=O)CCCc4ccccc4)CC3)sc2c1. The summed E-state index contributed by atoms with van der Waals surface area (Å²) in [6.45, 7) is 1.51. The molecule has 1 aliphatic rings. The Kier molecular flexibility index (Phi) is 6.30. The number of rotatable bonds is 7. The fourth-order valence-corrected chi connectivity index (χ4v) is 4.58. The number of fused-ring (bicyclic) bond motifs is 1. The molecule has 1 aromatic heterocycles. The number of carbonyl (C=O) groups is 1. The summed E-state index contributed by atoms with van der Waals surface area (Å²) < 4.78 is 12.4. The predicted octanol–water partition coefficient (Wildman–Crippen LogP) is 4.70. The summed E-state index contributed by atoms with van der Waals surface area (Å²) in [7, 11) is 1.66. The van der Waals surface area contributed by atoms with Crippen LogP contribution in [0.15, 0.2) is 48.5 Å². The van der Waals surface area contributed by atoms with E-state index in [1.54, 1.807) is 18.4 Å². The minimum atomic E-state index is 0.117. The average Bonchev–Trinajstić information content (AvgIpc) is 3.16. The van der Waals surface area contributed by atoms with Gasteiger partial charge in [0, 0.05) is 32.4 Å². The van der Waals surface area contributed by atoms with Gasteiger partial charge in [0.25, 0.3) is 5.19 Å². The number of aryl methyl sites for hydroxylation is 1. The second-order valence-corrected chi connectivity index (χ2v) is 8.34. The number of ether oxygens (including phenoxy) is 2. The predicted molar refractivity (Wildman–Crippen MR) is 116 cm³/mol. The number of piperidine rings is 1. The molecule has 3 aromatic rings. The Bertz CT molecular complexity index is 949. The summed E-state index contributed by atoms with van der Waals surface area (Å²) in [5.41, 5.74) is 2.22. The number of amides is 1. The molecular weight excluding hydrogens is 384 g/mol. The van der Waals surface area contributed by atoms with Crippen molar-refractivity contribution in [3.05, 3.63) is 54.1 Å². The summed E-state index contributed by atoms with van der Waals surface area (Å²) in [5, 5.41) is 0.695. The highest BCUT2D eigenvalue weighted by atomic mass is 32.1. The van der Waals surface area contributed by atoms with Gasteiger partial charge < -0.3 is 14.4 Å². The topological polar surface area (TPSA) is 51.7 Å². The third kappa shape index (κ3) is 5.07. The van der Waals surface area contributed by atoms with Gasteiger partial charge in [-0.1, -0.05) is 41.7 Å².